The fourth-order valence-corrected chi connectivity index (χ4v) is 2.99. The van der Waals surface area contributed by atoms with Gasteiger partial charge in [-0.1, -0.05) is 25.8 Å². The second-order valence-corrected chi connectivity index (χ2v) is 6.52. The number of rotatable bonds is 10. The number of hydrogen-bond donors (Lipinski definition) is 2. The lowest BCUT2D eigenvalue weighted by Gasteiger charge is -2.15. The molecule has 1 unspecified atom stereocenters. The Bertz CT molecular complexity index is 460. The standard InChI is InChI=1S/C17H29N3O2S/c1-14(15-9-8-12-23-15)13-20-17(18-2)19-11-7-5-4-6-10-16(21)22-3/h8-9,12,14H,4-7,10-11,13H2,1-3H3,(H2,18,19,20). The molecule has 0 radical (unpaired) electrons. The monoisotopic (exact) mass is 339 g/mol. The Labute approximate surface area is 143 Å². The second-order valence-electron chi connectivity index (χ2n) is 5.54. The van der Waals surface area contributed by atoms with E-state index in [0.717, 1.165) is 44.7 Å². The maximum atomic E-state index is 11.0. The van der Waals surface area contributed by atoms with E-state index >= 15 is 0 Å². The van der Waals surface area contributed by atoms with Crippen molar-refractivity contribution in [1.82, 2.24) is 10.6 Å². The third kappa shape index (κ3) is 8.59. The number of carbonyl (C=O) groups is 1. The molecule has 0 amide bonds. The molecule has 1 rings (SSSR count). The number of aliphatic imine (C=N–C) groups is 1. The zero-order chi connectivity index (χ0) is 16.9. The predicted molar refractivity (Wildman–Crippen MR) is 97.2 cm³/mol. The maximum Gasteiger partial charge on any atom is 0.305 e. The van der Waals surface area contributed by atoms with Gasteiger partial charge in [0.1, 0.15) is 0 Å². The molecule has 0 spiro atoms. The van der Waals surface area contributed by atoms with Crippen molar-refractivity contribution in [3.63, 3.8) is 0 Å². The van der Waals surface area contributed by atoms with Crippen molar-refractivity contribution in [2.24, 2.45) is 4.99 Å². The molecule has 0 bridgehead atoms. The summed E-state index contributed by atoms with van der Waals surface area (Å²) in [5, 5.41) is 8.81. The first-order valence-corrected chi connectivity index (χ1v) is 9.10. The first-order valence-electron chi connectivity index (χ1n) is 8.22. The van der Waals surface area contributed by atoms with Gasteiger partial charge in [0.15, 0.2) is 5.96 Å². The third-order valence-electron chi connectivity index (χ3n) is 3.66. The number of ether oxygens (including phenoxy) is 1. The predicted octanol–water partition coefficient (Wildman–Crippen LogP) is 3.14. The summed E-state index contributed by atoms with van der Waals surface area (Å²) in [6.07, 6.45) is 4.65. The maximum absolute atomic E-state index is 11.0. The van der Waals surface area contributed by atoms with Crippen LogP contribution in [0.25, 0.3) is 0 Å². The summed E-state index contributed by atoms with van der Waals surface area (Å²) in [5.74, 6) is 1.21. The summed E-state index contributed by atoms with van der Waals surface area (Å²) in [5.41, 5.74) is 0. The van der Waals surface area contributed by atoms with Gasteiger partial charge in [0.05, 0.1) is 7.11 Å². The van der Waals surface area contributed by atoms with Crippen LogP contribution in [0.1, 0.15) is 49.8 Å². The average Bonchev–Trinajstić information content (AvgIpc) is 3.10. The van der Waals surface area contributed by atoms with Gasteiger partial charge in [-0.05, 0) is 24.3 Å². The van der Waals surface area contributed by atoms with Crippen LogP contribution in [-0.2, 0) is 9.53 Å². The van der Waals surface area contributed by atoms with Crippen LogP contribution in [0.15, 0.2) is 22.5 Å². The van der Waals surface area contributed by atoms with Crippen molar-refractivity contribution >= 4 is 23.3 Å². The van der Waals surface area contributed by atoms with Crippen LogP contribution in [0.2, 0.25) is 0 Å². The molecule has 1 aromatic rings. The van der Waals surface area contributed by atoms with Crippen molar-refractivity contribution in [2.45, 2.75) is 44.9 Å². The molecule has 0 aliphatic rings. The number of nitrogens with one attached hydrogen (secondary N) is 2. The number of esters is 1. The van der Waals surface area contributed by atoms with Crippen molar-refractivity contribution in [3.8, 4) is 0 Å². The minimum absolute atomic E-state index is 0.118. The van der Waals surface area contributed by atoms with Gasteiger partial charge in [0.2, 0.25) is 0 Å². The number of carbonyl (C=O) groups excluding carboxylic acids is 1. The Hall–Kier alpha value is -1.56. The fourth-order valence-electron chi connectivity index (χ4n) is 2.20. The molecular formula is C17H29N3O2S. The smallest absolute Gasteiger partial charge is 0.305 e. The van der Waals surface area contributed by atoms with Crippen LogP contribution < -0.4 is 10.6 Å². The van der Waals surface area contributed by atoms with E-state index in [1.165, 1.54) is 12.0 Å². The lowest BCUT2D eigenvalue weighted by Crippen LogP contribution is -2.39. The molecule has 0 fully saturated rings. The zero-order valence-corrected chi connectivity index (χ0v) is 15.2. The quantitative estimate of drug-likeness (QED) is 0.297. The van der Waals surface area contributed by atoms with Crippen LogP contribution in [0.5, 0.6) is 0 Å². The van der Waals surface area contributed by atoms with E-state index in [4.69, 9.17) is 0 Å². The number of guanidine groups is 1. The Kier molecular flexibility index (Phi) is 10.1. The SMILES string of the molecule is CN=C(NCCCCCCC(=O)OC)NCC(C)c1cccs1. The summed E-state index contributed by atoms with van der Waals surface area (Å²) in [6.45, 7) is 3.98. The van der Waals surface area contributed by atoms with E-state index in [-0.39, 0.29) is 5.97 Å². The molecule has 130 valence electrons. The number of hydrogen-bond acceptors (Lipinski definition) is 4. The highest BCUT2D eigenvalue weighted by atomic mass is 32.1. The third-order valence-corrected chi connectivity index (χ3v) is 4.76. The molecule has 1 heterocycles. The Balaban J connectivity index is 2.07. The molecule has 1 aromatic heterocycles. The normalized spacial score (nSPS) is 12.7. The number of methoxy groups -OCH3 is 1. The van der Waals surface area contributed by atoms with Gasteiger partial charge in [-0.25, -0.2) is 0 Å². The van der Waals surface area contributed by atoms with Gasteiger partial charge in [-0.15, -0.1) is 11.3 Å². The van der Waals surface area contributed by atoms with E-state index < -0.39 is 0 Å². The highest BCUT2D eigenvalue weighted by molar-refractivity contribution is 7.10. The van der Waals surface area contributed by atoms with Gasteiger partial charge in [-0.3, -0.25) is 9.79 Å². The molecule has 6 heteroatoms. The van der Waals surface area contributed by atoms with E-state index in [9.17, 15) is 4.79 Å². The molecule has 5 nitrogen and oxygen atoms in total. The summed E-state index contributed by atoms with van der Waals surface area (Å²) < 4.78 is 4.62. The van der Waals surface area contributed by atoms with Crippen LogP contribution in [0.4, 0.5) is 0 Å². The zero-order valence-electron chi connectivity index (χ0n) is 14.4. The number of thiophene rings is 1. The molecule has 0 aliphatic heterocycles. The van der Waals surface area contributed by atoms with E-state index in [1.54, 1.807) is 18.4 Å². The Morgan fingerprint density at radius 3 is 2.74 bits per heavy atom. The molecule has 0 saturated carbocycles. The first-order chi connectivity index (χ1) is 11.2. The minimum atomic E-state index is -0.118. The van der Waals surface area contributed by atoms with Gasteiger partial charge in [0.25, 0.3) is 0 Å². The van der Waals surface area contributed by atoms with E-state index in [0.29, 0.717) is 12.3 Å². The van der Waals surface area contributed by atoms with Gasteiger partial charge in [0, 0.05) is 37.4 Å². The van der Waals surface area contributed by atoms with Crippen molar-refractivity contribution < 1.29 is 9.53 Å². The molecule has 0 aliphatic carbocycles. The largest absolute Gasteiger partial charge is 0.469 e. The van der Waals surface area contributed by atoms with Crippen molar-refractivity contribution in [3.05, 3.63) is 22.4 Å². The van der Waals surface area contributed by atoms with Crippen LogP contribution in [0, 0.1) is 0 Å². The summed E-state index contributed by atoms with van der Waals surface area (Å²) in [6, 6.07) is 4.26. The topological polar surface area (TPSA) is 62.7 Å². The fraction of sp³-hybridized carbons (Fsp3) is 0.647. The molecule has 2 N–H and O–H groups in total. The first kappa shape index (κ1) is 19.5. The van der Waals surface area contributed by atoms with E-state index in [2.05, 4.69) is 44.8 Å². The lowest BCUT2D eigenvalue weighted by molar-refractivity contribution is -0.140. The molecule has 23 heavy (non-hydrogen) atoms. The highest BCUT2D eigenvalue weighted by Crippen LogP contribution is 2.19. The minimum Gasteiger partial charge on any atom is -0.469 e. The number of nitrogens with zero attached hydrogens (tertiary/aromatic N) is 1. The summed E-state index contributed by atoms with van der Waals surface area (Å²) in [4.78, 5) is 16.6. The van der Waals surface area contributed by atoms with Crippen LogP contribution in [-0.4, -0.2) is 39.2 Å². The van der Waals surface area contributed by atoms with Crippen molar-refractivity contribution in [2.75, 3.05) is 27.2 Å². The van der Waals surface area contributed by atoms with E-state index in [1.807, 2.05) is 0 Å². The van der Waals surface area contributed by atoms with Crippen molar-refractivity contribution in [1.29, 1.82) is 0 Å². The Morgan fingerprint density at radius 2 is 2.09 bits per heavy atom. The highest BCUT2D eigenvalue weighted by Gasteiger charge is 2.07. The molecule has 1 atom stereocenters. The average molecular weight is 340 g/mol. The van der Waals surface area contributed by atoms with Gasteiger partial charge >= 0.3 is 5.97 Å². The second kappa shape index (κ2) is 11.9. The summed E-state index contributed by atoms with van der Waals surface area (Å²) >= 11 is 1.79. The lowest BCUT2D eigenvalue weighted by atomic mass is 10.1. The molecule has 0 aromatic carbocycles. The number of unbranched alkanes of at least 4 members (excludes halogenated alkanes) is 3. The van der Waals surface area contributed by atoms with Crippen LogP contribution >= 0.6 is 11.3 Å². The van der Waals surface area contributed by atoms with Crippen LogP contribution in [0.3, 0.4) is 0 Å². The molecule has 0 saturated heterocycles. The van der Waals surface area contributed by atoms with Gasteiger partial charge < -0.3 is 15.4 Å². The summed E-state index contributed by atoms with van der Waals surface area (Å²) in [7, 11) is 3.23. The Morgan fingerprint density at radius 1 is 1.30 bits per heavy atom. The molecular weight excluding hydrogens is 310 g/mol. The van der Waals surface area contributed by atoms with Gasteiger partial charge in [-0.2, -0.15) is 0 Å².